The number of rotatable bonds is 3. The zero-order valence-electron chi connectivity index (χ0n) is 11.4. The molecule has 0 spiro atoms. The van der Waals surface area contributed by atoms with Crippen molar-refractivity contribution in [1.29, 1.82) is 0 Å². The molecule has 1 saturated heterocycles. The molecule has 1 aromatic rings. The van der Waals surface area contributed by atoms with E-state index >= 15 is 0 Å². The lowest BCUT2D eigenvalue weighted by Gasteiger charge is -2.20. The molecular formula is C15H21NO2S. The van der Waals surface area contributed by atoms with Crippen molar-refractivity contribution in [2.75, 3.05) is 26.3 Å². The van der Waals surface area contributed by atoms with Crippen LogP contribution in [-0.4, -0.2) is 42.4 Å². The van der Waals surface area contributed by atoms with Crippen LogP contribution in [0.1, 0.15) is 29.5 Å². The van der Waals surface area contributed by atoms with E-state index in [-0.39, 0.29) is 6.61 Å². The van der Waals surface area contributed by atoms with Crippen molar-refractivity contribution < 1.29 is 9.84 Å². The molecule has 0 bridgehead atoms. The molecule has 1 aliphatic rings. The van der Waals surface area contributed by atoms with Gasteiger partial charge in [0.15, 0.2) is 0 Å². The fraction of sp³-hybridized carbons (Fsp3) is 0.600. The Morgan fingerprint density at radius 1 is 1.53 bits per heavy atom. The van der Waals surface area contributed by atoms with Crippen LogP contribution in [0, 0.1) is 11.8 Å². The second-order valence-corrected chi connectivity index (χ2v) is 5.98. The Balaban J connectivity index is 1.90. The van der Waals surface area contributed by atoms with Crippen molar-refractivity contribution in [3.8, 4) is 11.8 Å². The average Bonchev–Trinajstić information content (AvgIpc) is 2.72. The Bertz CT molecular complexity index is 446. The quantitative estimate of drug-likeness (QED) is 0.860. The fourth-order valence-corrected chi connectivity index (χ4v) is 3.10. The van der Waals surface area contributed by atoms with Gasteiger partial charge in [-0.1, -0.05) is 11.8 Å². The molecule has 2 rings (SSSR count). The number of hydrogen-bond acceptors (Lipinski definition) is 4. The molecule has 1 aromatic heterocycles. The molecule has 0 saturated carbocycles. The van der Waals surface area contributed by atoms with Crippen LogP contribution in [0.2, 0.25) is 0 Å². The first kappa shape index (κ1) is 14.5. The summed E-state index contributed by atoms with van der Waals surface area (Å²) in [5, 5.41) is 8.70. The van der Waals surface area contributed by atoms with Gasteiger partial charge in [0.2, 0.25) is 0 Å². The first-order chi connectivity index (χ1) is 9.28. The molecule has 2 heterocycles. The number of thiophene rings is 1. The maximum atomic E-state index is 8.70. The highest BCUT2D eigenvalue weighted by molar-refractivity contribution is 7.12. The lowest BCUT2D eigenvalue weighted by molar-refractivity contribution is 0.0669. The van der Waals surface area contributed by atoms with Crippen LogP contribution in [0.25, 0.3) is 0 Å². The van der Waals surface area contributed by atoms with E-state index in [4.69, 9.17) is 9.84 Å². The van der Waals surface area contributed by atoms with E-state index in [9.17, 15) is 0 Å². The molecule has 1 atom stereocenters. The van der Waals surface area contributed by atoms with Crippen LogP contribution in [0.3, 0.4) is 0 Å². The van der Waals surface area contributed by atoms with Gasteiger partial charge in [-0.25, -0.2) is 0 Å². The van der Waals surface area contributed by atoms with E-state index in [0.29, 0.717) is 12.5 Å². The molecule has 3 nitrogen and oxygen atoms in total. The van der Waals surface area contributed by atoms with Crippen molar-refractivity contribution in [2.45, 2.75) is 32.4 Å². The molecule has 19 heavy (non-hydrogen) atoms. The first-order valence-electron chi connectivity index (χ1n) is 6.80. The predicted molar refractivity (Wildman–Crippen MR) is 78.2 cm³/mol. The predicted octanol–water partition coefficient (Wildman–Crippen LogP) is 2.09. The summed E-state index contributed by atoms with van der Waals surface area (Å²) in [6.07, 6.45) is 1.99. The minimum Gasteiger partial charge on any atom is -0.395 e. The fourth-order valence-electron chi connectivity index (χ4n) is 2.18. The van der Waals surface area contributed by atoms with Crippen molar-refractivity contribution in [3.05, 3.63) is 21.9 Å². The van der Waals surface area contributed by atoms with Crippen molar-refractivity contribution in [3.63, 3.8) is 0 Å². The smallest absolute Gasteiger partial charge is 0.0771 e. The highest BCUT2D eigenvalue weighted by atomic mass is 32.1. The van der Waals surface area contributed by atoms with Crippen molar-refractivity contribution >= 4 is 11.3 Å². The molecule has 1 unspecified atom stereocenters. The number of ether oxygens (including phenoxy) is 1. The third-order valence-electron chi connectivity index (χ3n) is 3.03. The normalized spacial score (nSPS) is 20.6. The topological polar surface area (TPSA) is 32.7 Å². The first-order valence-corrected chi connectivity index (χ1v) is 7.62. The van der Waals surface area contributed by atoms with Gasteiger partial charge >= 0.3 is 0 Å². The van der Waals surface area contributed by atoms with Crippen molar-refractivity contribution in [2.24, 2.45) is 0 Å². The minimum absolute atomic E-state index is 0.136. The lowest BCUT2D eigenvalue weighted by Crippen LogP contribution is -2.29. The zero-order valence-corrected chi connectivity index (χ0v) is 12.2. The van der Waals surface area contributed by atoms with E-state index in [1.54, 1.807) is 11.3 Å². The van der Waals surface area contributed by atoms with Crippen LogP contribution < -0.4 is 0 Å². The van der Waals surface area contributed by atoms with Crippen LogP contribution in [-0.2, 0) is 11.3 Å². The van der Waals surface area contributed by atoms with Crippen molar-refractivity contribution in [1.82, 2.24) is 4.90 Å². The number of aliphatic hydroxyl groups excluding tert-OH is 1. The molecular weight excluding hydrogens is 258 g/mol. The van der Waals surface area contributed by atoms with Crippen LogP contribution in [0.15, 0.2) is 12.1 Å². The third kappa shape index (κ3) is 4.96. The Kier molecular flexibility index (Phi) is 5.87. The van der Waals surface area contributed by atoms with Gasteiger partial charge in [0.05, 0.1) is 17.6 Å². The SMILES string of the molecule is CC1CN(Cc2ccc(C#CCCO)s2)CCCO1. The standard InChI is InChI=1S/C15H21NO2S/c1-13-11-16(8-4-10-18-13)12-15-7-6-14(19-15)5-2-3-9-17/h6-7,13,17H,3-4,8-12H2,1H3. The van der Waals surface area contributed by atoms with E-state index < -0.39 is 0 Å². The van der Waals surface area contributed by atoms with Gasteiger partial charge in [-0.2, -0.15) is 0 Å². The van der Waals surface area contributed by atoms with Crippen LogP contribution >= 0.6 is 11.3 Å². The average molecular weight is 279 g/mol. The Morgan fingerprint density at radius 3 is 3.26 bits per heavy atom. The maximum Gasteiger partial charge on any atom is 0.0771 e. The minimum atomic E-state index is 0.136. The summed E-state index contributed by atoms with van der Waals surface area (Å²) in [4.78, 5) is 4.89. The summed E-state index contributed by atoms with van der Waals surface area (Å²) in [5.74, 6) is 6.05. The van der Waals surface area contributed by atoms with E-state index in [1.807, 2.05) is 0 Å². The van der Waals surface area contributed by atoms with E-state index in [2.05, 4.69) is 35.8 Å². The Morgan fingerprint density at radius 2 is 2.42 bits per heavy atom. The zero-order chi connectivity index (χ0) is 13.5. The van der Waals surface area contributed by atoms with Crippen LogP contribution in [0.5, 0.6) is 0 Å². The summed E-state index contributed by atoms with van der Waals surface area (Å²) >= 11 is 1.75. The molecule has 0 aliphatic carbocycles. The summed E-state index contributed by atoms with van der Waals surface area (Å²) < 4.78 is 5.66. The summed E-state index contributed by atoms with van der Waals surface area (Å²) in [6, 6.07) is 4.23. The van der Waals surface area contributed by atoms with Gasteiger partial charge < -0.3 is 9.84 Å². The molecule has 4 heteroatoms. The molecule has 0 radical (unpaired) electrons. The highest BCUT2D eigenvalue weighted by Crippen LogP contribution is 2.19. The van der Waals surface area contributed by atoms with Gasteiger partial charge in [-0.15, -0.1) is 11.3 Å². The highest BCUT2D eigenvalue weighted by Gasteiger charge is 2.15. The Hall–Kier alpha value is -0.860. The summed E-state index contributed by atoms with van der Waals surface area (Å²) in [5.41, 5.74) is 0. The van der Waals surface area contributed by atoms with Crippen LogP contribution in [0.4, 0.5) is 0 Å². The van der Waals surface area contributed by atoms with Gasteiger partial charge in [-0.05, 0) is 25.5 Å². The summed E-state index contributed by atoms with van der Waals surface area (Å²) in [7, 11) is 0. The molecule has 0 amide bonds. The maximum absolute atomic E-state index is 8.70. The van der Waals surface area contributed by atoms with Gasteiger partial charge in [0.1, 0.15) is 0 Å². The van der Waals surface area contributed by atoms with Gasteiger partial charge in [0, 0.05) is 37.5 Å². The van der Waals surface area contributed by atoms with E-state index in [0.717, 1.165) is 37.5 Å². The van der Waals surface area contributed by atoms with E-state index in [1.165, 1.54) is 4.88 Å². The van der Waals surface area contributed by atoms with Gasteiger partial charge in [-0.3, -0.25) is 4.90 Å². The monoisotopic (exact) mass is 279 g/mol. The second kappa shape index (κ2) is 7.66. The number of nitrogens with zero attached hydrogens (tertiary/aromatic N) is 1. The molecule has 1 aliphatic heterocycles. The number of aliphatic hydroxyl groups is 1. The molecule has 1 N–H and O–H groups in total. The summed E-state index contributed by atoms with van der Waals surface area (Å²) in [6.45, 7) is 6.24. The largest absolute Gasteiger partial charge is 0.395 e. The molecule has 0 aromatic carbocycles. The Labute approximate surface area is 119 Å². The van der Waals surface area contributed by atoms with Gasteiger partial charge in [0.25, 0.3) is 0 Å². The molecule has 1 fully saturated rings. The second-order valence-electron chi connectivity index (χ2n) is 4.81. The lowest BCUT2D eigenvalue weighted by atomic mass is 10.3. The third-order valence-corrected chi connectivity index (χ3v) is 4.01. The number of hydrogen-bond donors (Lipinski definition) is 1. The molecule has 104 valence electrons.